The highest BCUT2D eigenvalue weighted by Crippen LogP contribution is 2.61. The number of aryl methyl sites for hydroxylation is 2. The van der Waals surface area contributed by atoms with Crippen LogP contribution in [0.2, 0.25) is 0 Å². The summed E-state index contributed by atoms with van der Waals surface area (Å²) in [6.07, 6.45) is 2.30. The van der Waals surface area contributed by atoms with Crippen LogP contribution in [0.15, 0.2) is 54.9 Å². The van der Waals surface area contributed by atoms with Crippen molar-refractivity contribution >= 4 is 44.7 Å². The van der Waals surface area contributed by atoms with Gasteiger partial charge in [0, 0.05) is 30.9 Å². The van der Waals surface area contributed by atoms with Gasteiger partial charge in [-0.25, -0.2) is 4.98 Å². The highest BCUT2D eigenvalue weighted by molar-refractivity contribution is 7.62. The number of anilines is 3. The third-order valence-electron chi connectivity index (χ3n) is 5.97. The minimum atomic E-state index is -5.10. The van der Waals surface area contributed by atoms with E-state index in [4.69, 9.17) is 0 Å². The molecule has 0 radical (unpaired) electrons. The van der Waals surface area contributed by atoms with Crippen LogP contribution >= 0.6 is 16.1 Å². The molecule has 206 valence electrons. The molecule has 0 bridgehead atoms. The van der Waals surface area contributed by atoms with Crippen molar-refractivity contribution < 1.29 is 29.1 Å². The average molecular weight is 574 g/mol. The summed E-state index contributed by atoms with van der Waals surface area (Å²) in [4.78, 5) is 34.7. The number of hydrogen-bond acceptors (Lipinski definition) is 10. The summed E-state index contributed by atoms with van der Waals surface area (Å²) in [7, 11) is -2.85. The number of aliphatic hydroxyl groups is 1. The van der Waals surface area contributed by atoms with Crippen LogP contribution < -0.4 is 10.6 Å². The van der Waals surface area contributed by atoms with Crippen molar-refractivity contribution in [2.24, 2.45) is 0 Å². The maximum Gasteiger partial charge on any atom is 0.412 e. The molecule has 0 amide bonds. The standard InChI is InChI=1S/C24H29N7O6P2/c1-30(2)13-11-25-23-28-21(27-18-8-6-17(7-9-18)24(33,38-34)39(35,36)37)20-22(29-23)31(15-26-20)12-10-16-4-3-5-19(32)14-16/h3-9,14-15,32-33H,10-13H2,1-2H3,(H2,35,36,37)(H2,25,27,28,29)/p+1. The molecule has 4 rings (SSSR count). The molecule has 0 aliphatic heterocycles. The molecule has 15 heteroatoms. The molecule has 13 nitrogen and oxygen atoms in total. The van der Waals surface area contributed by atoms with Crippen molar-refractivity contribution in [1.29, 1.82) is 0 Å². The summed E-state index contributed by atoms with van der Waals surface area (Å²) >= 11 is 0. The normalized spacial score (nSPS) is 13.6. The zero-order chi connectivity index (χ0) is 28.2. The fourth-order valence-electron chi connectivity index (χ4n) is 3.84. The lowest BCUT2D eigenvalue weighted by molar-refractivity contribution is 0.168. The Hall–Kier alpha value is -3.44. The zero-order valence-electron chi connectivity index (χ0n) is 21.3. The first-order valence-corrected chi connectivity index (χ1v) is 14.5. The first-order chi connectivity index (χ1) is 18.5. The van der Waals surface area contributed by atoms with Gasteiger partial charge in [0.2, 0.25) is 5.95 Å². The topological polar surface area (TPSA) is 186 Å². The van der Waals surface area contributed by atoms with E-state index in [1.807, 2.05) is 29.6 Å². The molecule has 4 aromatic rings. The van der Waals surface area contributed by atoms with Gasteiger partial charge in [0.1, 0.15) is 5.75 Å². The molecular weight excluding hydrogens is 544 g/mol. The van der Waals surface area contributed by atoms with Crippen LogP contribution in [0.5, 0.6) is 5.75 Å². The predicted molar refractivity (Wildman–Crippen MR) is 149 cm³/mol. The van der Waals surface area contributed by atoms with Crippen molar-refractivity contribution in [3.05, 3.63) is 66.0 Å². The van der Waals surface area contributed by atoms with Gasteiger partial charge in [0.05, 0.1) is 6.33 Å². The van der Waals surface area contributed by atoms with Crippen molar-refractivity contribution in [2.45, 2.75) is 18.0 Å². The lowest BCUT2D eigenvalue weighted by Gasteiger charge is -2.17. The van der Waals surface area contributed by atoms with Gasteiger partial charge in [-0.05, 0) is 62.5 Å². The van der Waals surface area contributed by atoms with Gasteiger partial charge < -0.3 is 40.1 Å². The lowest BCUT2D eigenvalue weighted by Crippen LogP contribution is -2.21. The summed E-state index contributed by atoms with van der Waals surface area (Å²) < 4.78 is 25.1. The van der Waals surface area contributed by atoms with Crippen LogP contribution in [0.25, 0.3) is 11.2 Å². The van der Waals surface area contributed by atoms with Gasteiger partial charge in [-0.1, -0.05) is 16.7 Å². The predicted octanol–water partition coefficient (Wildman–Crippen LogP) is 2.80. The number of aromatic hydroxyl groups is 1. The third-order valence-corrected chi connectivity index (χ3v) is 8.79. The van der Waals surface area contributed by atoms with E-state index in [0.29, 0.717) is 48.1 Å². The highest BCUT2D eigenvalue weighted by atomic mass is 31.2. The molecule has 0 spiro atoms. The van der Waals surface area contributed by atoms with Gasteiger partial charge in [-0.2, -0.15) is 9.97 Å². The maximum absolute atomic E-state index is 11.7. The number of phenolic OH excluding ortho intramolecular Hbond substituents is 1. The fourth-order valence-corrected chi connectivity index (χ4v) is 5.08. The quantitative estimate of drug-likeness (QED) is 0.136. The molecule has 2 unspecified atom stereocenters. The van der Waals surface area contributed by atoms with Gasteiger partial charge in [-0.3, -0.25) is 4.57 Å². The molecule has 0 aliphatic rings. The van der Waals surface area contributed by atoms with E-state index in [2.05, 4.69) is 25.6 Å². The highest BCUT2D eigenvalue weighted by Gasteiger charge is 2.56. The Bertz CT molecular complexity index is 1510. The first kappa shape index (κ1) is 28.6. The Labute approximate surface area is 225 Å². The molecular formula is C24H30N7O6P2+. The van der Waals surface area contributed by atoms with Crippen molar-refractivity contribution in [1.82, 2.24) is 24.4 Å². The van der Waals surface area contributed by atoms with Gasteiger partial charge in [-0.15, -0.1) is 0 Å². The lowest BCUT2D eigenvalue weighted by atomic mass is 10.1. The van der Waals surface area contributed by atoms with Gasteiger partial charge >= 0.3 is 21.1 Å². The van der Waals surface area contributed by atoms with E-state index in [1.54, 1.807) is 24.5 Å². The number of benzene rings is 2. The van der Waals surface area contributed by atoms with E-state index < -0.39 is 21.1 Å². The number of aromatic nitrogens is 4. The van der Waals surface area contributed by atoms with Crippen molar-refractivity contribution in [3.8, 4) is 5.75 Å². The average Bonchev–Trinajstić information content (AvgIpc) is 3.30. The maximum atomic E-state index is 11.7. The van der Waals surface area contributed by atoms with Crippen LogP contribution in [0, 0.1) is 0 Å². The Balaban J connectivity index is 1.64. The Morgan fingerprint density at radius 3 is 2.51 bits per heavy atom. The van der Waals surface area contributed by atoms with Crippen LogP contribution in [0.1, 0.15) is 11.1 Å². The van der Waals surface area contributed by atoms with Crippen molar-refractivity contribution in [3.63, 3.8) is 0 Å². The first-order valence-electron chi connectivity index (χ1n) is 11.9. The molecule has 0 aliphatic carbocycles. The minimum Gasteiger partial charge on any atom is -0.508 e. The van der Waals surface area contributed by atoms with Crippen LogP contribution in [0.4, 0.5) is 17.5 Å². The van der Waals surface area contributed by atoms with Crippen LogP contribution in [-0.2, 0) is 27.2 Å². The van der Waals surface area contributed by atoms with Crippen molar-refractivity contribution in [2.75, 3.05) is 37.8 Å². The second-order valence-electron chi connectivity index (χ2n) is 9.18. The fraction of sp³-hybridized carbons (Fsp3) is 0.292. The Kier molecular flexibility index (Phi) is 8.60. The molecule has 39 heavy (non-hydrogen) atoms. The molecule has 0 saturated heterocycles. The summed E-state index contributed by atoms with van der Waals surface area (Å²) in [5, 5.41) is 23.7. The van der Waals surface area contributed by atoms with Crippen LogP contribution in [0.3, 0.4) is 0 Å². The van der Waals surface area contributed by atoms with E-state index in [9.17, 15) is 29.1 Å². The SMILES string of the molecule is CN(C)CCNc1nc(Nc2ccc(C(O)([PH+]=O)P(=O)(O)O)cc2)c2ncn(CCc3cccc(O)c3)c2n1. The smallest absolute Gasteiger partial charge is 0.412 e. The van der Waals surface area contributed by atoms with Gasteiger partial charge in [0.25, 0.3) is 0 Å². The van der Waals surface area contributed by atoms with Gasteiger partial charge in [0.15, 0.2) is 17.0 Å². The molecule has 2 aromatic carbocycles. The monoisotopic (exact) mass is 574 g/mol. The number of likely N-dealkylation sites (N-methyl/N-ethyl adjacent to an activating group) is 1. The van der Waals surface area contributed by atoms with E-state index in [-0.39, 0.29) is 11.3 Å². The number of hydrogen-bond donors (Lipinski definition) is 6. The number of nitrogens with zero attached hydrogens (tertiary/aromatic N) is 5. The summed E-state index contributed by atoms with van der Waals surface area (Å²) in [6, 6.07) is 12.6. The van der Waals surface area contributed by atoms with E-state index >= 15 is 0 Å². The molecule has 2 aromatic heterocycles. The molecule has 2 heterocycles. The summed E-state index contributed by atoms with van der Waals surface area (Å²) in [6.45, 7) is 1.91. The molecule has 6 N–H and O–H groups in total. The number of rotatable bonds is 12. The number of phenols is 1. The number of nitrogens with one attached hydrogen (secondary N) is 2. The second-order valence-corrected chi connectivity index (χ2v) is 12.3. The Morgan fingerprint density at radius 1 is 1.13 bits per heavy atom. The number of imidazole rings is 1. The molecule has 2 atom stereocenters. The second kappa shape index (κ2) is 11.7. The Morgan fingerprint density at radius 2 is 1.87 bits per heavy atom. The summed E-state index contributed by atoms with van der Waals surface area (Å²) in [5.41, 5.74) is 2.36. The van der Waals surface area contributed by atoms with E-state index in [0.717, 1.165) is 12.1 Å². The third kappa shape index (κ3) is 6.59. The van der Waals surface area contributed by atoms with E-state index in [1.165, 1.54) is 24.3 Å². The molecule has 0 saturated carbocycles. The summed E-state index contributed by atoms with van der Waals surface area (Å²) in [5.74, 6) is 0.975. The minimum absolute atomic E-state index is 0.176. The largest absolute Gasteiger partial charge is 0.508 e. The zero-order valence-corrected chi connectivity index (χ0v) is 23.2. The number of fused-ring (bicyclic) bond motifs is 1. The van der Waals surface area contributed by atoms with Crippen LogP contribution in [-0.4, -0.2) is 71.6 Å². The molecule has 0 fully saturated rings.